The molecule has 0 radical (unpaired) electrons. The van der Waals surface area contributed by atoms with Gasteiger partial charge in [0.15, 0.2) is 0 Å². The molecule has 0 aromatic rings. The minimum atomic E-state index is -0.227. The summed E-state index contributed by atoms with van der Waals surface area (Å²) in [6, 6.07) is 0. The van der Waals surface area contributed by atoms with Crippen molar-refractivity contribution < 1.29 is 4.79 Å². The summed E-state index contributed by atoms with van der Waals surface area (Å²) >= 11 is 0. The van der Waals surface area contributed by atoms with Crippen LogP contribution in [0.2, 0.25) is 0 Å². The molecular formula is C13H26O. The molecule has 84 valence electrons. The van der Waals surface area contributed by atoms with Crippen LogP contribution in [0.15, 0.2) is 0 Å². The monoisotopic (exact) mass is 198 g/mol. The van der Waals surface area contributed by atoms with Gasteiger partial charge < -0.3 is 0 Å². The molecule has 0 unspecified atom stereocenters. The van der Waals surface area contributed by atoms with Crippen LogP contribution in [-0.4, -0.2) is 5.78 Å². The Morgan fingerprint density at radius 1 is 0.857 bits per heavy atom. The van der Waals surface area contributed by atoms with Gasteiger partial charge in [0, 0.05) is 10.8 Å². The van der Waals surface area contributed by atoms with Crippen LogP contribution in [-0.2, 0) is 4.79 Å². The van der Waals surface area contributed by atoms with Crippen LogP contribution < -0.4 is 0 Å². The first kappa shape index (κ1) is 13.7. The molecule has 0 aliphatic rings. The van der Waals surface area contributed by atoms with Crippen LogP contribution >= 0.6 is 0 Å². The van der Waals surface area contributed by atoms with Crippen LogP contribution in [0.5, 0.6) is 0 Å². The zero-order valence-electron chi connectivity index (χ0n) is 11.1. The van der Waals surface area contributed by atoms with E-state index >= 15 is 0 Å². The lowest BCUT2D eigenvalue weighted by Gasteiger charge is -2.35. The van der Waals surface area contributed by atoms with Crippen LogP contribution in [0.3, 0.4) is 0 Å². The van der Waals surface area contributed by atoms with E-state index in [1.807, 2.05) is 20.8 Å². The fourth-order valence-corrected chi connectivity index (χ4v) is 2.42. The van der Waals surface area contributed by atoms with Gasteiger partial charge in [-0.05, 0) is 11.8 Å². The Bertz CT molecular complexity index is 210. The van der Waals surface area contributed by atoms with Gasteiger partial charge in [-0.2, -0.15) is 0 Å². The zero-order valence-corrected chi connectivity index (χ0v) is 11.1. The lowest BCUT2D eigenvalue weighted by molar-refractivity contribution is -0.136. The Balaban J connectivity index is 4.72. The summed E-state index contributed by atoms with van der Waals surface area (Å²) in [4.78, 5) is 12.2. The van der Waals surface area contributed by atoms with E-state index < -0.39 is 0 Å². The second kappa shape index (κ2) is 3.67. The quantitative estimate of drug-likeness (QED) is 0.654. The van der Waals surface area contributed by atoms with E-state index in [-0.39, 0.29) is 16.2 Å². The van der Waals surface area contributed by atoms with Crippen LogP contribution in [0.4, 0.5) is 0 Å². The maximum Gasteiger partial charge on any atom is 0.143 e. The molecule has 0 aromatic heterocycles. The molecule has 0 N–H and O–H groups in total. The first-order valence-corrected chi connectivity index (χ1v) is 5.41. The van der Waals surface area contributed by atoms with Gasteiger partial charge in [-0.3, -0.25) is 4.79 Å². The smallest absolute Gasteiger partial charge is 0.143 e. The molecule has 0 bridgehead atoms. The van der Waals surface area contributed by atoms with Gasteiger partial charge in [0.1, 0.15) is 5.78 Å². The van der Waals surface area contributed by atoms with Gasteiger partial charge in [0.05, 0.1) is 0 Å². The van der Waals surface area contributed by atoms with Crippen molar-refractivity contribution in [3.63, 3.8) is 0 Å². The molecule has 0 heterocycles. The third-order valence-electron chi connectivity index (χ3n) is 2.27. The summed E-state index contributed by atoms with van der Waals surface area (Å²) in [6.45, 7) is 16.7. The highest BCUT2D eigenvalue weighted by Gasteiger charge is 2.38. The minimum Gasteiger partial charge on any atom is -0.299 e. The molecule has 0 spiro atoms. The highest BCUT2D eigenvalue weighted by atomic mass is 16.1. The van der Waals surface area contributed by atoms with Crippen molar-refractivity contribution in [2.75, 3.05) is 0 Å². The summed E-state index contributed by atoms with van der Waals surface area (Å²) in [6.07, 6.45) is 0.941. The molecular weight excluding hydrogens is 172 g/mol. The summed E-state index contributed by atoms with van der Waals surface area (Å²) in [5, 5.41) is 0. The normalized spacial score (nSPS) is 14.3. The largest absolute Gasteiger partial charge is 0.299 e. The van der Waals surface area contributed by atoms with Gasteiger partial charge in [0.25, 0.3) is 0 Å². The predicted molar refractivity (Wildman–Crippen MR) is 62.3 cm³/mol. The lowest BCUT2D eigenvalue weighted by atomic mass is 9.68. The van der Waals surface area contributed by atoms with E-state index in [1.54, 1.807) is 0 Å². The first-order chi connectivity index (χ1) is 5.86. The Morgan fingerprint density at radius 3 is 1.43 bits per heavy atom. The highest BCUT2D eigenvalue weighted by molar-refractivity contribution is 5.88. The maximum atomic E-state index is 12.2. The Hall–Kier alpha value is -0.330. The molecule has 0 aromatic carbocycles. The lowest BCUT2D eigenvalue weighted by Crippen LogP contribution is -2.37. The summed E-state index contributed by atoms with van der Waals surface area (Å²) in [7, 11) is 0. The van der Waals surface area contributed by atoms with Crippen molar-refractivity contribution in [2.24, 2.45) is 16.2 Å². The van der Waals surface area contributed by atoms with E-state index in [0.29, 0.717) is 5.78 Å². The Morgan fingerprint density at radius 2 is 1.21 bits per heavy atom. The van der Waals surface area contributed by atoms with E-state index in [0.717, 1.165) is 6.42 Å². The van der Waals surface area contributed by atoms with Crippen LogP contribution in [0.1, 0.15) is 61.8 Å². The fraction of sp³-hybridized carbons (Fsp3) is 0.923. The number of hydrogen-bond donors (Lipinski definition) is 0. The van der Waals surface area contributed by atoms with Crippen molar-refractivity contribution in [1.82, 2.24) is 0 Å². The third-order valence-corrected chi connectivity index (χ3v) is 2.27. The second-order valence-corrected chi connectivity index (χ2v) is 7.20. The molecule has 1 nitrogen and oxygen atoms in total. The minimum absolute atomic E-state index is 0.212. The summed E-state index contributed by atoms with van der Waals surface area (Å²) in [5.74, 6) is 0.361. The zero-order chi connectivity index (χ0) is 11.8. The van der Waals surface area contributed by atoms with E-state index in [4.69, 9.17) is 0 Å². The molecule has 0 amide bonds. The van der Waals surface area contributed by atoms with Crippen molar-refractivity contribution in [1.29, 1.82) is 0 Å². The molecule has 0 atom stereocenters. The summed E-state index contributed by atoms with van der Waals surface area (Å²) in [5.41, 5.74) is -0.227. The van der Waals surface area contributed by atoms with Gasteiger partial charge in [0.2, 0.25) is 0 Å². The predicted octanol–water partition coefficient (Wildman–Crippen LogP) is 4.06. The molecule has 0 saturated heterocycles. The highest BCUT2D eigenvalue weighted by Crippen LogP contribution is 2.38. The summed E-state index contributed by atoms with van der Waals surface area (Å²) < 4.78 is 0. The van der Waals surface area contributed by atoms with Crippen LogP contribution in [0, 0.1) is 16.2 Å². The number of Topliss-reactive ketones (excluding diaryl/α,β-unsaturated/α-hetero) is 1. The van der Waals surface area contributed by atoms with Gasteiger partial charge in [-0.1, -0.05) is 55.4 Å². The van der Waals surface area contributed by atoms with E-state index in [2.05, 4.69) is 34.6 Å². The average Bonchev–Trinajstić information content (AvgIpc) is 1.78. The molecule has 14 heavy (non-hydrogen) atoms. The van der Waals surface area contributed by atoms with Crippen molar-refractivity contribution >= 4 is 5.78 Å². The average molecular weight is 198 g/mol. The SMILES string of the molecule is CC(C)(C)CC(C)(C)C(=O)C(C)(C)C. The van der Waals surface area contributed by atoms with E-state index in [9.17, 15) is 4.79 Å². The topological polar surface area (TPSA) is 17.1 Å². The molecule has 0 saturated carbocycles. The van der Waals surface area contributed by atoms with Crippen molar-refractivity contribution in [3.05, 3.63) is 0 Å². The van der Waals surface area contributed by atoms with Gasteiger partial charge >= 0.3 is 0 Å². The number of hydrogen-bond acceptors (Lipinski definition) is 1. The Labute approximate surface area is 89.3 Å². The number of carbonyl (C=O) groups excluding carboxylic acids is 1. The third kappa shape index (κ3) is 4.26. The molecule has 0 aliphatic carbocycles. The van der Waals surface area contributed by atoms with Gasteiger partial charge in [-0.25, -0.2) is 0 Å². The van der Waals surface area contributed by atoms with Crippen molar-refractivity contribution in [2.45, 2.75) is 61.8 Å². The first-order valence-electron chi connectivity index (χ1n) is 5.41. The number of ketones is 1. The van der Waals surface area contributed by atoms with Crippen molar-refractivity contribution in [3.8, 4) is 0 Å². The number of carbonyl (C=O) groups is 1. The molecule has 1 heteroatoms. The van der Waals surface area contributed by atoms with Crippen LogP contribution in [0.25, 0.3) is 0 Å². The second-order valence-electron chi connectivity index (χ2n) is 7.20. The molecule has 0 rings (SSSR count). The Kier molecular flexibility index (Phi) is 3.59. The fourth-order valence-electron chi connectivity index (χ4n) is 2.42. The van der Waals surface area contributed by atoms with E-state index in [1.165, 1.54) is 0 Å². The van der Waals surface area contributed by atoms with Gasteiger partial charge in [-0.15, -0.1) is 0 Å². The standard InChI is InChI=1S/C13H26O/c1-11(2,3)9-13(7,8)10(14)12(4,5)6/h9H2,1-8H3. The maximum absolute atomic E-state index is 12.2. The molecule has 0 fully saturated rings. The number of rotatable bonds is 2. The molecule has 0 aliphatic heterocycles.